The van der Waals surface area contributed by atoms with Crippen LogP contribution in [0.1, 0.15) is 12.8 Å². The van der Waals surface area contributed by atoms with Crippen molar-refractivity contribution < 1.29 is 20.3 Å². The minimum Gasteiger partial charge on any atom is -0.476 e. The van der Waals surface area contributed by atoms with Gasteiger partial charge in [-0.1, -0.05) is 0 Å². The maximum atomic E-state index is 10.1. The van der Waals surface area contributed by atoms with Crippen LogP contribution in [0.3, 0.4) is 0 Å². The fourth-order valence-electron chi connectivity index (χ4n) is 0.593. The van der Waals surface area contributed by atoms with E-state index in [1.165, 1.54) is 0 Å². The summed E-state index contributed by atoms with van der Waals surface area (Å²) >= 11 is 0. The van der Waals surface area contributed by atoms with Crippen LogP contribution in [0.2, 0.25) is 0 Å². The SMILES string of the molecule is O.O=C(O)C1([N+](=O)[O-])CC1. The Hall–Kier alpha value is -1.17. The summed E-state index contributed by atoms with van der Waals surface area (Å²) in [6.45, 7) is 0. The maximum absolute atomic E-state index is 10.1. The molecule has 0 aromatic carbocycles. The van der Waals surface area contributed by atoms with Crippen LogP contribution in [0.4, 0.5) is 0 Å². The first kappa shape index (κ1) is 8.83. The summed E-state index contributed by atoms with van der Waals surface area (Å²) in [4.78, 5) is 19.3. The lowest BCUT2D eigenvalue weighted by molar-refractivity contribution is -0.525. The monoisotopic (exact) mass is 149 g/mol. The number of carboxylic acids is 1. The molecule has 6 nitrogen and oxygen atoms in total. The highest BCUT2D eigenvalue weighted by Crippen LogP contribution is 2.38. The minimum atomic E-state index is -1.61. The van der Waals surface area contributed by atoms with Crippen molar-refractivity contribution in [2.75, 3.05) is 0 Å². The van der Waals surface area contributed by atoms with E-state index >= 15 is 0 Å². The van der Waals surface area contributed by atoms with Gasteiger partial charge in [-0.25, -0.2) is 4.79 Å². The van der Waals surface area contributed by atoms with Gasteiger partial charge < -0.3 is 10.6 Å². The zero-order valence-corrected chi connectivity index (χ0v) is 5.03. The number of rotatable bonds is 2. The molecule has 0 unspecified atom stereocenters. The zero-order chi connectivity index (χ0) is 7.07. The molecule has 1 rings (SSSR count). The van der Waals surface area contributed by atoms with E-state index in [0.717, 1.165) is 0 Å². The van der Waals surface area contributed by atoms with E-state index in [4.69, 9.17) is 5.11 Å². The molecule has 0 aliphatic heterocycles. The molecular weight excluding hydrogens is 142 g/mol. The number of aliphatic carboxylic acids is 1. The Morgan fingerprint density at radius 1 is 1.60 bits per heavy atom. The highest BCUT2D eigenvalue weighted by molar-refractivity contribution is 5.80. The second kappa shape index (κ2) is 2.22. The molecular formula is C4H7NO5. The Bertz CT molecular complexity index is 156. The van der Waals surface area contributed by atoms with Crippen molar-refractivity contribution in [2.45, 2.75) is 18.4 Å². The largest absolute Gasteiger partial charge is 0.476 e. The summed E-state index contributed by atoms with van der Waals surface area (Å²) in [5, 5.41) is 18.2. The third kappa shape index (κ3) is 0.926. The first-order chi connectivity index (χ1) is 4.09. The van der Waals surface area contributed by atoms with Crippen molar-refractivity contribution in [1.29, 1.82) is 0 Å². The average molecular weight is 149 g/mol. The number of carbonyl (C=O) groups is 1. The van der Waals surface area contributed by atoms with Crippen molar-refractivity contribution >= 4 is 5.97 Å². The molecule has 6 heteroatoms. The third-order valence-corrected chi connectivity index (χ3v) is 1.47. The van der Waals surface area contributed by atoms with Gasteiger partial charge in [0, 0.05) is 17.8 Å². The Balaban J connectivity index is 0.000000810. The Morgan fingerprint density at radius 3 is 2.00 bits per heavy atom. The quantitative estimate of drug-likeness (QED) is 0.403. The summed E-state index contributed by atoms with van der Waals surface area (Å²) in [6.07, 6.45) is 0.352. The molecule has 1 aliphatic rings. The van der Waals surface area contributed by atoms with Gasteiger partial charge in [0.25, 0.3) is 0 Å². The Morgan fingerprint density at radius 2 is 2.00 bits per heavy atom. The molecule has 0 heterocycles. The van der Waals surface area contributed by atoms with Crippen LogP contribution in [0.5, 0.6) is 0 Å². The van der Waals surface area contributed by atoms with Gasteiger partial charge in [-0.2, -0.15) is 0 Å². The molecule has 0 spiro atoms. The Kier molecular flexibility index (Phi) is 1.96. The van der Waals surface area contributed by atoms with Gasteiger partial charge >= 0.3 is 11.5 Å². The summed E-state index contributed by atoms with van der Waals surface area (Å²) in [5.41, 5.74) is -1.61. The van der Waals surface area contributed by atoms with Gasteiger partial charge in [0.15, 0.2) is 0 Å². The van der Waals surface area contributed by atoms with Crippen LogP contribution in [0.25, 0.3) is 0 Å². The van der Waals surface area contributed by atoms with Crippen LogP contribution < -0.4 is 0 Å². The van der Waals surface area contributed by atoms with E-state index in [-0.39, 0.29) is 18.3 Å². The molecule has 10 heavy (non-hydrogen) atoms. The molecule has 1 aliphatic carbocycles. The number of hydrogen-bond donors (Lipinski definition) is 1. The lowest BCUT2D eigenvalue weighted by atomic mass is 10.3. The number of nitro groups is 1. The lowest BCUT2D eigenvalue weighted by Gasteiger charge is -1.96. The topological polar surface area (TPSA) is 112 Å². The van der Waals surface area contributed by atoms with Gasteiger partial charge in [0.1, 0.15) is 0 Å². The summed E-state index contributed by atoms with van der Waals surface area (Å²) in [7, 11) is 0. The third-order valence-electron chi connectivity index (χ3n) is 1.47. The minimum absolute atomic E-state index is 0. The van der Waals surface area contributed by atoms with Gasteiger partial charge in [0.2, 0.25) is 0 Å². The van der Waals surface area contributed by atoms with Crippen LogP contribution in [0.15, 0.2) is 0 Å². The molecule has 0 saturated heterocycles. The van der Waals surface area contributed by atoms with Crippen LogP contribution >= 0.6 is 0 Å². The fraction of sp³-hybridized carbons (Fsp3) is 0.750. The number of nitrogens with zero attached hydrogens (tertiary/aromatic N) is 1. The zero-order valence-electron chi connectivity index (χ0n) is 5.03. The Labute approximate surface area is 55.9 Å². The standard InChI is InChI=1S/C4H5NO4.H2O/c6-3(7)4(1-2-4)5(8)9;/h1-2H2,(H,6,7);1H2. The van der Waals surface area contributed by atoms with Gasteiger partial charge in [-0.05, 0) is 0 Å². The fourth-order valence-corrected chi connectivity index (χ4v) is 0.593. The van der Waals surface area contributed by atoms with Crippen molar-refractivity contribution in [3.05, 3.63) is 10.1 Å². The molecule has 3 N–H and O–H groups in total. The van der Waals surface area contributed by atoms with Crippen molar-refractivity contribution in [2.24, 2.45) is 0 Å². The lowest BCUT2D eigenvalue weighted by Crippen LogP contribution is -2.31. The first-order valence-electron chi connectivity index (χ1n) is 2.47. The normalized spacial score (nSPS) is 18.8. The predicted octanol–water partition coefficient (Wildman–Crippen LogP) is -0.944. The molecule has 0 amide bonds. The highest BCUT2D eigenvalue weighted by atomic mass is 16.6. The molecule has 1 saturated carbocycles. The van der Waals surface area contributed by atoms with E-state index in [1.807, 2.05) is 0 Å². The molecule has 0 aromatic heterocycles. The molecule has 0 bridgehead atoms. The highest BCUT2D eigenvalue weighted by Gasteiger charge is 2.63. The number of hydrogen-bond acceptors (Lipinski definition) is 3. The van der Waals surface area contributed by atoms with Crippen LogP contribution in [-0.4, -0.2) is 27.0 Å². The smallest absolute Gasteiger partial charge is 0.382 e. The maximum Gasteiger partial charge on any atom is 0.382 e. The molecule has 0 radical (unpaired) electrons. The van der Waals surface area contributed by atoms with E-state index in [2.05, 4.69) is 0 Å². The van der Waals surface area contributed by atoms with E-state index < -0.39 is 16.4 Å². The van der Waals surface area contributed by atoms with Crippen LogP contribution in [0, 0.1) is 10.1 Å². The van der Waals surface area contributed by atoms with Crippen molar-refractivity contribution in [3.8, 4) is 0 Å². The first-order valence-corrected chi connectivity index (χ1v) is 2.47. The summed E-state index contributed by atoms with van der Waals surface area (Å²) < 4.78 is 0. The van der Waals surface area contributed by atoms with E-state index in [9.17, 15) is 14.9 Å². The predicted molar refractivity (Wildman–Crippen MR) is 30.2 cm³/mol. The van der Waals surface area contributed by atoms with Crippen molar-refractivity contribution in [3.63, 3.8) is 0 Å². The van der Waals surface area contributed by atoms with Crippen LogP contribution in [-0.2, 0) is 4.79 Å². The second-order valence-corrected chi connectivity index (χ2v) is 2.09. The average Bonchev–Trinajstić information content (AvgIpc) is 2.40. The molecule has 0 atom stereocenters. The molecule has 1 fully saturated rings. The molecule has 58 valence electrons. The summed E-state index contributed by atoms with van der Waals surface area (Å²) in [5.74, 6) is -1.31. The van der Waals surface area contributed by atoms with E-state index in [1.54, 1.807) is 0 Å². The van der Waals surface area contributed by atoms with E-state index in [0.29, 0.717) is 0 Å². The van der Waals surface area contributed by atoms with Gasteiger partial charge in [-0.3, -0.25) is 10.1 Å². The van der Waals surface area contributed by atoms with Gasteiger partial charge in [0.05, 0.1) is 0 Å². The van der Waals surface area contributed by atoms with Gasteiger partial charge in [-0.15, -0.1) is 0 Å². The van der Waals surface area contributed by atoms with Crippen molar-refractivity contribution in [1.82, 2.24) is 0 Å². The number of carboxylic acid groups (broad SMARTS) is 1. The second-order valence-electron chi connectivity index (χ2n) is 2.09. The molecule has 0 aromatic rings. The summed E-state index contributed by atoms with van der Waals surface area (Å²) in [6, 6.07) is 0.